The zero-order valence-electron chi connectivity index (χ0n) is 9.97. The maximum Gasteiger partial charge on any atom is -0.0208 e. The van der Waals surface area contributed by atoms with Gasteiger partial charge < -0.3 is 0 Å². The summed E-state index contributed by atoms with van der Waals surface area (Å²) in [5.74, 6) is 2.78. The van der Waals surface area contributed by atoms with E-state index in [0.29, 0.717) is 0 Å². The van der Waals surface area contributed by atoms with Gasteiger partial charge in [0.05, 0.1) is 0 Å². The summed E-state index contributed by atoms with van der Waals surface area (Å²) in [6.07, 6.45) is 12.1. The minimum Gasteiger partial charge on any atom is -0.103 e. The molecule has 0 aromatic rings. The summed E-state index contributed by atoms with van der Waals surface area (Å²) in [6.45, 7) is 8.63. The molecule has 1 saturated carbocycles. The van der Waals surface area contributed by atoms with E-state index < -0.39 is 0 Å². The Labute approximate surface area is 89.8 Å². The van der Waals surface area contributed by atoms with E-state index in [2.05, 4.69) is 26.5 Å². The van der Waals surface area contributed by atoms with Gasteiger partial charge >= 0.3 is 0 Å². The molecule has 82 valence electrons. The van der Waals surface area contributed by atoms with E-state index in [9.17, 15) is 0 Å². The number of unbranched alkanes of at least 4 members (excludes halogenated alkanes) is 1. The molecule has 0 aromatic carbocycles. The van der Waals surface area contributed by atoms with E-state index in [0.717, 1.165) is 17.8 Å². The molecule has 1 aliphatic carbocycles. The highest BCUT2D eigenvalue weighted by atomic mass is 14.3. The number of rotatable bonds is 5. The number of hydrogen-bond acceptors (Lipinski definition) is 0. The molecule has 0 heteroatoms. The minimum atomic E-state index is 0.823. The Morgan fingerprint density at radius 1 is 1.29 bits per heavy atom. The van der Waals surface area contributed by atoms with Gasteiger partial charge in [-0.3, -0.25) is 0 Å². The summed E-state index contributed by atoms with van der Waals surface area (Å²) >= 11 is 0. The van der Waals surface area contributed by atoms with Crippen LogP contribution in [0.4, 0.5) is 0 Å². The van der Waals surface area contributed by atoms with Crippen molar-refractivity contribution in [3.05, 3.63) is 12.7 Å². The van der Waals surface area contributed by atoms with Crippen LogP contribution in [0.5, 0.6) is 0 Å². The van der Waals surface area contributed by atoms with Crippen LogP contribution in [0.3, 0.4) is 0 Å². The summed E-state index contributed by atoms with van der Waals surface area (Å²) in [5.41, 5.74) is 0. The smallest absolute Gasteiger partial charge is 0.0208 e. The Morgan fingerprint density at radius 2 is 2.07 bits per heavy atom. The van der Waals surface area contributed by atoms with Crippen LogP contribution >= 0.6 is 0 Å². The predicted molar refractivity (Wildman–Crippen MR) is 64.3 cm³/mol. The molecule has 1 rings (SSSR count). The molecule has 0 spiro atoms. The van der Waals surface area contributed by atoms with E-state index >= 15 is 0 Å². The van der Waals surface area contributed by atoms with E-state index in [1.165, 1.54) is 44.9 Å². The zero-order valence-corrected chi connectivity index (χ0v) is 9.97. The predicted octanol–water partition coefficient (Wildman–Crippen LogP) is 4.81. The summed E-state index contributed by atoms with van der Waals surface area (Å²) < 4.78 is 0. The summed E-state index contributed by atoms with van der Waals surface area (Å²) in [7, 11) is 0. The first-order valence-electron chi connectivity index (χ1n) is 6.44. The van der Waals surface area contributed by atoms with Gasteiger partial charge in [-0.05, 0) is 43.4 Å². The Balaban J connectivity index is 2.42. The number of hydrogen-bond donors (Lipinski definition) is 0. The molecule has 0 aliphatic heterocycles. The topological polar surface area (TPSA) is 0 Å². The second-order valence-corrected chi connectivity index (χ2v) is 4.89. The van der Waals surface area contributed by atoms with Gasteiger partial charge in [-0.15, -0.1) is 6.58 Å². The average molecular weight is 194 g/mol. The minimum absolute atomic E-state index is 0.823. The first kappa shape index (κ1) is 11.8. The van der Waals surface area contributed by atoms with Crippen molar-refractivity contribution in [2.75, 3.05) is 0 Å². The van der Waals surface area contributed by atoms with Gasteiger partial charge in [0.1, 0.15) is 0 Å². The molecule has 3 atom stereocenters. The lowest BCUT2D eigenvalue weighted by Crippen LogP contribution is -2.23. The zero-order chi connectivity index (χ0) is 10.4. The maximum atomic E-state index is 3.99. The first-order valence-corrected chi connectivity index (χ1v) is 6.44. The van der Waals surface area contributed by atoms with Gasteiger partial charge in [-0.1, -0.05) is 39.2 Å². The highest BCUT2D eigenvalue weighted by Crippen LogP contribution is 2.38. The summed E-state index contributed by atoms with van der Waals surface area (Å²) in [5, 5.41) is 0. The Kier molecular flexibility index (Phi) is 5.29. The molecule has 0 N–H and O–H groups in total. The third-order valence-electron chi connectivity index (χ3n) is 3.96. The Hall–Kier alpha value is -0.260. The van der Waals surface area contributed by atoms with Crippen LogP contribution < -0.4 is 0 Å². The van der Waals surface area contributed by atoms with Crippen molar-refractivity contribution in [3.63, 3.8) is 0 Å². The van der Waals surface area contributed by atoms with Crippen molar-refractivity contribution in [3.8, 4) is 0 Å². The molecule has 0 heterocycles. The molecule has 0 aromatic heterocycles. The Morgan fingerprint density at radius 3 is 2.64 bits per heavy atom. The molecular formula is C14H26. The van der Waals surface area contributed by atoms with Crippen LogP contribution in [-0.4, -0.2) is 0 Å². The van der Waals surface area contributed by atoms with Crippen LogP contribution in [0.25, 0.3) is 0 Å². The molecule has 0 nitrogen and oxygen atoms in total. The third-order valence-corrected chi connectivity index (χ3v) is 3.96. The lowest BCUT2D eigenvalue weighted by molar-refractivity contribution is 0.196. The second kappa shape index (κ2) is 6.27. The van der Waals surface area contributed by atoms with Gasteiger partial charge in [-0.2, -0.15) is 0 Å². The quantitative estimate of drug-likeness (QED) is 0.551. The average Bonchev–Trinajstić information content (AvgIpc) is 2.25. The highest BCUT2D eigenvalue weighted by molar-refractivity contribution is 4.89. The fourth-order valence-electron chi connectivity index (χ4n) is 2.86. The van der Waals surface area contributed by atoms with Gasteiger partial charge in [0.2, 0.25) is 0 Å². The van der Waals surface area contributed by atoms with Crippen molar-refractivity contribution in [2.24, 2.45) is 17.8 Å². The second-order valence-electron chi connectivity index (χ2n) is 4.89. The van der Waals surface area contributed by atoms with Crippen LogP contribution in [0.15, 0.2) is 12.7 Å². The van der Waals surface area contributed by atoms with Crippen molar-refractivity contribution in [2.45, 2.75) is 58.8 Å². The van der Waals surface area contributed by atoms with Crippen molar-refractivity contribution in [1.29, 1.82) is 0 Å². The van der Waals surface area contributed by atoms with E-state index in [1.54, 1.807) is 0 Å². The molecule has 1 fully saturated rings. The van der Waals surface area contributed by atoms with E-state index in [1.807, 2.05) is 0 Å². The molecule has 3 unspecified atom stereocenters. The largest absolute Gasteiger partial charge is 0.103 e. The lowest BCUT2D eigenvalue weighted by Gasteiger charge is -2.34. The third kappa shape index (κ3) is 3.15. The van der Waals surface area contributed by atoms with Gasteiger partial charge in [0, 0.05) is 0 Å². The van der Waals surface area contributed by atoms with Crippen LogP contribution in [0.1, 0.15) is 58.8 Å². The first-order chi connectivity index (χ1) is 6.81. The van der Waals surface area contributed by atoms with Crippen LogP contribution in [0.2, 0.25) is 0 Å². The molecule has 1 aliphatic rings. The summed E-state index contributed by atoms with van der Waals surface area (Å²) in [6, 6.07) is 0. The maximum absolute atomic E-state index is 3.99. The standard InChI is InChI=1S/C14H26/c1-4-7-8-14-11-12(5-2)9-10-13(14)6-3/h6,12-14H,3-5,7-11H2,1-2H3. The normalized spacial score (nSPS) is 32.9. The fraction of sp³-hybridized carbons (Fsp3) is 0.857. The van der Waals surface area contributed by atoms with E-state index in [-0.39, 0.29) is 0 Å². The molecule has 0 bridgehead atoms. The molecule has 14 heavy (non-hydrogen) atoms. The van der Waals surface area contributed by atoms with E-state index in [4.69, 9.17) is 0 Å². The fourth-order valence-corrected chi connectivity index (χ4v) is 2.86. The van der Waals surface area contributed by atoms with Crippen LogP contribution in [0, 0.1) is 17.8 Å². The van der Waals surface area contributed by atoms with Gasteiger partial charge in [-0.25, -0.2) is 0 Å². The van der Waals surface area contributed by atoms with Crippen molar-refractivity contribution >= 4 is 0 Å². The molecule has 0 saturated heterocycles. The molecule has 0 amide bonds. The van der Waals surface area contributed by atoms with Gasteiger partial charge in [0.15, 0.2) is 0 Å². The summed E-state index contributed by atoms with van der Waals surface area (Å²) in [4.78, 5) is 0. The van der Waals surface area contributed by atoms with Crippen molar-refractivity contribution < 1.29 is 0 Å². The highest BCUT2D eigenvalue weighted by Gasteiger charge is 2.26. The van der Waals surface area contributed by atoms with Crippen LogP contribution in [-0.2, 0) is 0 Å². The SMILES string of the molecule is C=CC1CCC(CC)CC1CCCC. The lowest BCUT2D eigenvalue weighted by atomic mass is 9.71. The Bertz CT molecular complexity index is 159. The number of allylic oxidation sites excluding steroid dienone is 1. The molecular weight excluding hydrogens is 168 g/mol. The van der Waals surface area contributed by atoms with Crippen molar-refractivity contribution in [1.82, 2.24) is 0 Å². The molecule has 0 radical (unpaired) electrons. The van der Waals surface area contributed by atoms with Gasteiger partial charge in [0.25, 0.3) is 0 Å². The monoisotopic (exact) mass is 194 g/mol.